The minimum absolute atomic E-state index is 0.0214. The zero-order valence-corrected chi connectivity index (χ0v) is 7.32. The molecule has 0 aliphatic heterocycles. The van der Waals surface area contributed by atoms with Gasteiger partial charge in [0.2, 0.25) is 0 Å². The van der Waals surface area contributed by atoms with E-state index in [4.69, 9.17) is 10.5 Å². The SMILES string of the molecule is CCOC(=O)[C@H]1CC=C[C@H](N)C1. The molecule has 1 aliphatic carbocycles. The molecular weight excluding hydrogens is 154 g/mol. The van der Waals surface area contributed by atoms with E-state index in [-0.39, 0.29) is 17.9 Å². The molecule has 3 nitrogen and oxygen atoms in total. The van der Waals surface area contributed by atoms with Crippen molar-refractivity contribution >= 4 is 5.97 Å². The highest BCUT2D eigenvalue weighted by Crippen LogP contribution is 2.18. The second kappa shape index (κ2) is 4.26. The van der Waals surface area contributed by atoms with Crippen LogP contribution < -0.4 is 5.73 Å². The lowest BCUT2D eigenvalue weighted by molar-refractivity contribution is -0.148. The van der Waals surface area contributed by atoms with Crippen LogP contribution in [0.2, 0.25) is 0 Å². The molecule has 0 unspecified atom stereocenters. The summed E-state index contributed by atoms with van der Waals surface area (Å²) in [5.74, 6) is -0.137. The minimum Gasteiger partial charge on any atom is -0.466 e. The van der Waals surface area contributed by atoms with Gasteiger partial charge in [0.1, 0.15) is 0 Å². The Balaban J connectivity index is 2.43. The molecule has 1 aliphatic rings. The Morgan fingerprint density at radius 1 is 1.75 bits per heavy atom. The highest BCUT2D eigenvalue weighted by atomic mass is 16.5. The topological polar surface area (TPSA) is 52.3 Å². The quantitative estimate of drug-likeness (QED) is 0.492. The van der Waals surface area contributed by atoms with Crippen LogP contribution in [0.1, 0.15) is 19.8 Å². The summed E-state index contributed by atoms with van der Waals surface area (Å²) in [5, 5.41) is 0. The third-order valence-electron chi connectivity index (χ3n) is 1.98. The normalized spacial score (nSPS) is 28.5. The Hall–Kier alpha value is -0.830. The number of nitrogens with two attached hydrogens (primary N) is 1. The van der Waals surface area contributed by atoms with Gasteiger partial charge >= 0.3 is 5.97 Å². The summed E-state index contributed by atoms with van der Waals surface area (Å²) in [5.41, 5.74) is 5.66. The molecule has 0 radical (unpaired) electrons. The van der Waals surface area contributed by atoms with E-state index in [0.29, 0.717) is 6.61 Å². The van der Waals surface area contributed by atoms with E-state index in [1.165, 1.54) is 0 Å². The van der Waals surface area contributed by atoms with Crippen molar-refractivity contribution in [2.75, 3.05) is 6.61 Å². The van der Waals surface area contributed by atoms with Gasteiger partial charge in [0, 0.05) is 6.04 Å². The maximum Gasteiger partial charge on any atom is 0.309 e. The maximum atomic E-state index is 11.2. The van der Waals surface area contributed by atoms with Crippen LogP contribution in [0.3, 0.4) is 0 Å². The Morgan fingerprint density at radius 3 is 3.08 bits per heavy atom. The Morgan fingerprint density at radius 2 is 2.50 bits per heavy atom. The molecule has 0 heterocycles. The first-order valence-corrected chi connectivity index (χ1v) is 4.33. The first-order chi connectivity index (χ1) is 5.74. The standard InChI is InChI=1S/C9H15NO2/c1-2-12-9(11)7-4-3-5-8(10)6-7/h3,5,7-8H,2,4,6,10H2,1H3/t7-,8-/m0/s1. The van der Waals surface area contributed by atoms with Gasteiger partial charge in [-0.3, -0.25) is 4.79 Å². The molecule has 0 aromatic carbocycles. The lowest BCUT2D eigenvalue weighted by Gasteiger charge is -2.20. The van der Waals surface area contributed by atoms with Crippen LogP contribution in [0.25, 0.3) is 0 Å². The van der Waals surface area contributed by atoms with Gasteiger partial charge < -0.3 is 10.5 Å². The average Bonchev–Trinajstić information content (AvgIpc) is 2.05. The first kappa shape index (κ1) is 9.26. The summed E-state index contributed by atoms with van der Waals surface area (Å²) in [6, 6.07) is 0.0214. The predicted octanol–water partition coefficient (Wildman–Crippen LogP) is 0.843. The van der Waals surface area contributed by atoms with Gasteiger partial charge in [0.15, 0.2) is 0 Å². The van der Waals surface area contributed by atoms with E-state index in [1.807, 2.05) is 19.1 Å². The maximum absolute atomic E-state index is 11.2. The minimum atomic E-state index is -0.114. The smallest absolute Gasteiger partial charge is 0.309 e. The molecule has 2 atom stereocenters. The van der Waals surface area contributed by atoms with Crippen molar-refractivity contribution in [2.45, 2.75) is 25.8 Å². The van der Waals surface area contributed by atoms with Crippen LogP contribution in [0.5, 0.6) is 0 Å². The fraction of sp³-hybridized carbons (Fsp3) is 0.667. The lowest BCUT2D eigenvalue weighted by atomic mass is 9.92. The molecule has 68 valence electrons. The number of rotatable bonds is 2. The van der Waals surface area contributed by atoms with Crippen molar-refractivity contribution < 1.29 is 9.53 Å². The number of hydrogen-bond donors (Lipinski definition) is 1. The molecule has 0 aromatic heterocycles. The molecule has 0 saturated heterocycles. The van der Waals surface area contributed by atoms with Crippen LogP contribution >= 0.6 is 0 Å². The molecular formula is C9H15NO2. The van der Waals surface area contributed by atoms with Crippen molar-refractivity contribution in [1.29, 1.82) is 0 Å². The van der Waals surface area contributed by atoms with Gasteiger partial charge in [-0.25, -0.2) is 0 Å². The van der Waals surface area contributed by atoms with Crippen LogP contribution in [0, 0.1) is 5.92 Å². The van der Waals surface area contributed by atoms with E-state index in [9.17, 15) is 4.79 Å². The number of allylic oxidation sites excluding steroid dienone is 1. The third kappa shape index (κ3) is 2.34. The lowest BCUT2D eigenvalue weighted by Crippen LogP contribution is -2.29. The summed E-state index contributed by atoms with van der Waals surface area (Å²) >= 11 is 0. The Labute approximate surface area is 72.6 Å². The molecule has 1 rings (SSSR count). The van der Waals surface area contributed by atoms with Crippen molar-refractivity contribution in [3.63, 3.8) is 0 Å². The highest BCUT2D eigenvalue weighted by molar-refractivity contribution is 5.73. The molecule has 0 bridgehead atoms. The van der Waals surface area contributed by atoms with E-state index < -0.39 is 0 Å². The average molecular weight is 169 g/mol. The fourth-order valence-electron chi connectivity index (χ4n) is 1.37. The Bertz CT molecular complexity index is 189. The van der Waals surface area contributed by atoms with Gasteiger partial charge in [-0.05, 0) is 19.8 Å². The summed E-state index contributed by atoms with van der Waals surface area (Å²) in [6.45, 7) is 2.27. The number of carbonyl (C=O) groups is 1. The van der Waals surface area contributed by atoms with Crippen LogP contribution in [-0.4, -0.2) is 18.6 Å². The summed E-state index contributed by atoms with van der Waals surface area (Å²) < 4.78 is 4.90. The largest absolute Gasteiger partial charge is 0.466 e. The molecule has 0 saturated carbocycles. The van der Waals surface area contributed by atoms with Gasteiger partial charge in [-0.15, -0.1) is 0 Å². The van der Waals surface area contributed by atoms with Crippen LogP contribution in [0.15, 0.2) is 12.2 Å². The van der Waals surface area contributed by atoms with Gasteiger partial charge in [-0.1, -0.05) is 12.2 Å². The van der Waals surface area contributed by atoms with Crippen molar-refractivity contribution in [2.24, 2.45) is 11.7 Å². The van der Waals surface area contributed by atoms with E-state index in [0.717, 1.165) is 12.8 Å². The second-order valence-corrected chi connectivity index (χ2v) is 3.01. The van der Waals surface area contributed by atoms with Crippen molar-refractivity contribution in [3.8, 4) is 0 Å². The van der Waals surface area contributed by atoms with Crippen molar-refractivity contribution in [1.82, 2.24) is 0 Å². The van der Waals surface area contributed by atoms with Gasteiger partial charge in [0.05, 0.1) is 12.5 Å². The second-order valence-electron chi connectivity index (χ2n) is 3.01. The molecule has 2 N–H and O–H groups in total. The van der Waals surface area contributed by atoms with Gasteiger partial charge in [0.25, 0.3) is 0 Å². The van der Waals surface area contributed by atoms with Gasteiger partial charge in [-0.2, -0.15) is 0 Å². The third-order valence-corrected chi connectivity index (χ3v) is 1.98. The highest BCUT2D eigenvalue weighted by Gasteiger charge is 2.22. The number of carbonyl (C=O) groups excluding carboxylic acids is 1. The van der Waals surface area contributed by atoms with Crippen LogP contribution in [-0.2, 0) is 9.53 Å². The number of ether oxygens (including phenoxy) is 1. The zero-order valence-electron chi connectivity index (χ0n) is 7.32. The number of esters is 1. The summed E-state index contributed by atoms with van der Waals surface area (Å²) in [4.78, 5) is 11.2. The first-order valence-electron chi connectivity index (χ1n) is 4.33. The van der Waals surface area contributed by atoms with Crippen LogP contribution in [0.4, 0.5) is 0 Å². The number of hydrogen-bond acceptors (Lipinski definition) is 3. The van der Waals surface area contributed by atoms with Crippen molar-refractivity contribution in [3.05, 3.63) is 12.2 Å². The molecule has 0 amide bonds. The van der Waals surface area contributed by atoms with E-state index >= 15 is 0 Å². The predicted molar refractivity (Wildman–Crippen MR) is 46.5 cm³/mol. The zero-order chi connectivity index (χ0) is 8.97. The van der Waals surface area contributed by atoms with E-state index in [1.54, 1.807) is 0 Å². The van der Waals surface area contributed by atoms with E-state index in [2.05, 4.69) is 0 Å². The fourth-order valence-corrected chi connectivity index (χ4v) is 1.37. The monoisotopic (exact) mass is 169 g/mol. The molecule has 0 fully saturated rings. The molecule has 3 heteroatoms. The molecule has 0 spiro atoms. The Kier molecular flexibility index (Phi) is 3.29. The molecule has 12 heavy (non-hydrogen) atoms. The summed E-state index contributed by atoms with van der Waals surface area (Å²) in [6.07, 6.45) is 5.38. The summed E-state index contributed by atoms with van der Waals surface area (Å²) in [7, 11) is 0. The molecule has 0 aromatic rings.